The van der Waals surface area contributed by atoms with E-state index in [1.807, 2.05) is 0 Å². The highest BCUT2D eigenvalue weighted by Gasteiger charge is 2.16. The largest absolute Gasteiger partial charge is 0.497 e. The maximum atomic E-state index is 12.0. The Morgan fingerprint density at radius 2 is 1.62 bits per heavy atom. The molecule has 0 aliphatic heterocycles. The standard InChI is InChI=1S/C17H17BrN2O4/c1-11(24-13-9-7-12(23-2)8-10-13)16(21)19-20-17(22)14-5-3-4-6-15(14)18/h3-11H,1-2H3,(H,19,21)(H,20,22). The minimum absolute atomic E-state index is 0.418. The van der Waals surface area contributed by atoms with Gasteiger partial charge in [-0.25, -0.2) is 0 Å². The smallest absolute Gasteiger partial charge is 0.279 e. The summed E-state index contributed by atoms with van der Waals surface area (Å²) in [7, 11) is 1.57. The molecular weight excluding hydrogens is 376 g/mol. The summed E-state index contributed by atoms with van der Waals surface area (Å²) in [6.45, 7) is 1.59. The molecule has 0 saturated carbocycles. The van der Waals surface area contributed by atoms with Crippen LogP contribution in [-0.4, -0.2) is 25.0 Å². The van der Waals surface area contributed by atoms with Crippen molar-refractivity contribution in [3.05, 3.63) is 58.6 Å². The van der Waals surface area contributed by atoms with Crippen LogP contribution in [0.1, 0.15) is 17.3 Å². The molecule has 0 heterocycles. The van der Waals surface area contributed by atoms with Crippen molar-refractivity contribution < 1.29 is 19.1 Å². The monoisotopic (exact) mass is 392 g/mol. The Hall–Kier alpha value is -2.54. The van der Waals surface area contributed by atoms with Gasteiger partial charge in [-0.3, -0.25) is 20.4 Å². The highest BCUT2D eigenvalue weighted by molar-refractivity contribution is 9.10. The lowest BCUT2D eigenvalue weighted by Crippen LogP contribution is -2.47. The molecule has 2 aromatic rings. The van der Waals surface area contributed by atoms with Gasteiger partial charge < -0.3 is 9.47 Å². The van der Waals surface area contributed by atoms with E-state index in [4.69, 9.17) is 9.47 Å². The molecule has 7 heteroatoms. The van der Waals surface area contributed by atoms with Gasteiger partial charge in [-0.15, -0.1) is 0 Å². The molecule has 0 aliphatic carbocycles. The van der Waals surface area contributed by atoms with E-state index in [2.05, 4.69) is 26.8 Å². The zero-order valence-corrected chi connectivity index (χ0v) is 14.8. The third kappa shape index (κ3) is 4.73. The Morgan fingerprint density at radius 3 is 2.25 bits per heavy atom. The second-order valence-electron chi connectivity index (χ2n) is 4.86. The van der Waals surface area contributed by atoms with E-state index in [9.17, 15) is 9.59 Å². The van der Waals surface area contributed by atoms with Crippen molar-refractivity contribution in [2.75, 3.05) is 7.11 Å². The Balaban J connectivity index is 1.87. The normalized spacial score (nSPS) is 11.3. The quantitative estimate of drug-likeness (QED) is 0.766. The van der Waals surface area contributed by atoms with Gasteiger partial charge in [0, 0.05) is 4.47 Å². The van der Waals surface area contributed by atoms with E-state index in [0.717, 1.165) is 0 Å². The van der Waals surface area contributed by atoms with E-state index in [-0.39, 0.29) is 0 Å². The van der Waals surface area contributed by atoms with E-state index in [1.165, 1.54) is 0 Å². The van der Waals surface area contributed by atoms with Gasteiger partial charge in [-0.2, -0.15) is 0 Å². The molecule has 1 unspecified atom stereocenters. The molecule has 0 radical (unpaired) electrons. The number of hydrogen-bond donors (Lipinski definition) is 2. The molecule has 2 amide bonds. The summed E-state index contributed by atoms with van der Waals surface area (Å²) in [5.74, 6) is 0.328. The number of rotatable bonds is 5. The molecule has 0 spiro atoms. The first-order valence-electron chi connectivity index (χ1n) is 7.16. The maximum absolute atomic E-state index is 12.0. The molecule has 0 aromatic heterocycles. The third-order valence-corrected chi connectivity index (χ3v) is 3.85. The fourth-order valence-electron chi connectivity index (χ4n) is 1.84. The molecule has 2 rings (SSSR count). The van der Waals surface area contributed by atoms with Crippen molar-refractivity contribution in [2.45, 2.75) is 13.0 Å². The van der Waals surface area contributed by atoms with Crippen molar-refractivity contribution in [2.24, 2.45) is 0 Å². The minimum atomic E-state index is -0.780. The molecule has 2 aromatic carbocycles. The fraction of sp³-hybridized carbons (Fsp3) is 0.176. The van der Waals surface area contributed by atoms with Crippen LogP contribution in [0.4, 0.5) is 0 Å². The first-order chi connectivity index (χ1) is 11.5. The number of halogens is 1. The number of nitrogens with one attached hydrogen (secondary N) is 2. The van der Waals surface area contributed by atoms with Gasteiger partial charge in [0.1, 0.15) is 11.5 Å². The third-order valence-electron chi connectivity index (χ3n) is 3.16. The number of benzene rings is 2. The molecule has 126 valence electrons. The summed E-state index contributed by atoms with van der Waals surface area (Å²) in [4.78, 5) is 24.0. The number of amides is 2. The predicted octanol–water partition coefficient (Wildman–Crippen LogP) is 2.69. The van der Waals surface area contributed by atoms with Crippen molar-refractivity contribution in [3.8, 4) is 11.5 Å². The van der Waals surface area contributed by atoms with Crippen LogP contribution in [0.2, 0.25) is 0 Å². The van der Waals surface area contributed by atoms with Crippen LogP contribution in [0, 0.1) is 0 Å². The Morgan fingerprint density at radius 1 is 1.00 bits per heavy atom. The number of hydrazine groups is 1. The summed E-state index contributed by atoms with van der Waals surface area (Å²) in [5, 5.41) is 0. The predicted molar refractivity (Wildman–Crippen MR) is 92.8 cm³/mol. The average Bonchev–Trinajstić information content (AvgIpc) is 2.60. The van der Waals surface area contributed by atoms with Crippen molar-refractivity contribution in [1.82, 2.24) is 10.9 Å². The second-order valence-corrected chi connectivity index (χ2v) is 5.71. The molecule has 0 bridgehead atoms. The number of hydrogen-bond acceptors (Lipinski definition) is 4. The first kappa shape index (κ1) is 17.8. The lowest BCUT2D eigenvalue weighted by molar-refractivity contribution is -0.128. The van der Waals surface area contributed by atoms with Crippen LogP contribution in [0.15, 0.2) is 53.0 Å². The SMILES string of the molecule is COc1ccc(OC(C)C(=O)NNC(=O)c2ccccc2Br)cc1. The van der Waals surface area contributed by atoms with Crippen molar-refractivity contribution in [1.29, 1.82) is 0 Å². The van der Waals surface area contributed by atoms with Crippen LogP contribution in [-0.2, 0) is 4.79 Å². The molecule has 1 atom stereocenters. The summed E-state index contributed by atoms with van der Waals surface area (Å²) in [6.07, 6.45) is -0.780. The summed E-state index contributed by atoms with van der Waals surface area (Å²) in [6, 6.07) is 13.8. The summed E-state index contributed by atoms with van der Waals surface area (Å²) >= 11 is 3.28. The van der Waals surface area contributed by atoms with Crippen LogP contribution in [0.5, 0.6) is 11.5 Å². The zero-order chi connectivity index (χ0) is 17.5. The maximum Gasteiger partial charge on any atom is 0.279 e. The number of ether oxygens (including phenoxy) is 2. The molecule has 0 aliphatic rings. The topological polar surface area (TPSA) is 76.7 Å². The summed E-state index contributed by atoms with van der Waals surface area (Å²) < 4.78 is 11.2. The van der Waals surface area contributed by atoms with Gasteiger partial charge in [-0.1, -0.05) is 12.1 Å². The second kappa shape index (κ2) is 8.35. The highest BCUT2D eigenvalue weighted by atomic mass is 79.9. The molecule has 24 heavy (non-hydrogen) atoms. The fourth-order valence-corrected chi connectivity index (χ4v) is 2.31. The lowest BCUT2D eigenvalue weighted by atomic mass is 10.2. The minimum Gasteiger partial charge on any atom is -0.497 e. The molecule has 2 N–H and O–H groups in total. The molecular formula is C17H17BrN2O4. The van der Waals surface area contributed by atoms with Gasteiger partial charge in [0.25, 0.3) is 11.8 Å². The Labute approximate surface area is 148 Å². The molecule has 6 nitrogen and oxygen atoms in total. The molecule has 0 saturated heterocycles. The molecule has 0 fully saturated rings. The van der Waals surface area contributed by atoms with Gasteiger partial charge in [0.05, 0.1) is 12.7 Å². The first-order valence-corrected chi connectivity index (χ1v) is 7.96. The lowest BCUT2D eigenvalue weighted by Gasteiger charge is -2.15. The van der Waals surface area contributed by atoms with Crippen LogP contribution >= 0.6 is 15.9 Å². The number of carbonyl (C=O) groups excluding carboxylic acids is 2. The average molecular weight is 393 g/mol. The van der Waals surface area contributed by atoms with Gasteiger partial charge in [0.15, 0.2) is 6.10 Å². The van der Waals surface area contributed by atoms with Crippen molar-refractivity contribution >= 4 is 27.7 Å². The van der Waals surface area contributed by atoms with E-state index < -0.39 is 17.9 Å². The highest BCUT2D eigenvalue weighted by Crippen LogP contribution is 2.18. The van der Waals surface area contributed by atoms with Crippen molar-refractivity contribution in [3.63, 3.8) is 0 Å². The van der Waals surface area contributed by atoms with Gasteiger partial charge in [-0.05, 0) is 59.3 Å². The Bertz CT molecular complexity index is 719. The van der Waals surface area contributed by atoms with Gasteiger partial charge in [0.2, 0.25) is 0 Å². The summed E-state index contributed by atoms with van der Waals surface area (Å²) in [5.41, 5.74) is 5.12. The number of methoxy groups -OCH3 is 1. The van der Waals surface area contributed by atoms with E-state index in [0.29, 0.717) is 21.5 Å². The Kier molecular flexibility index (Phi) is 6.20. The van der Waals surface area contributed by atoms with E-state index >= 15 is 0 Å². The van der Waals surface area contributed by atoms with Gasteiger partial charge >= 0.3 is 0 Å². The zero-order valence-electron chi connectivity index (χ0n) is 13.2. The van der Waals surface area contributed by atoms with Crippen LogP contribution in [0.3, 0.4) is 0 Å². The van der Waals surface area contributed by atoms with E-state index in [1.54, 1.807) is 62.6 Å². The number of carbonyl (C=O) groups is 2. The van der Waals surface area contributed by atoms with Crippen LogP contribution < -0.4 is 20.3 Å². The van der Waals surface area contributed by atoms with Crippen LogP contribution in [0.25, 0.3) is 0 Å².